The van der Waals surface area contributed by atoms with Crippen molar-refractivity contribution < 1.29 is 38.2 Å². The van der Waals surface area contributed by atoms with E-state index in [9.17, 15) is 24.0 Å². The first-order valence-electron chi connectivity index (χ1n) is 21.1. The number of fused-ring (bicyclic) bond motifs is 1. The number of hydrogen-bond acceptors (Lipinski definition) is 8. The van der Waals surface area contributed by atoms with E-state index in [-0.39, 0.29) is 25.1 Å². The fourth-order valence-corrected chi connectivity index (χ4v) is 7.22. The quantitative estimate of drug-likeness (QED) is 0.0510. The van der Waals surface area contributed by atoms with E-state index in [0.717, 1.165) is 33.0 Å². The van der Waals surface area contributed by atoms with Crippen LogP contribution in [0.3, 0.4) is 0 Å². The Kier molecular flexibility index (Phi) is 14.2. The highest BCUT2D eigenvalue weighted by molar-refractivity contribution is 5.95. The molecule has 0 saturated carbocycles. The van der Waals surface area contributed by atoms with Gasteiger partial charge < -0.3 is 40.8 Å². The van der Waals surface area contributed by atoms with E-state index in [1.807, 2.05) is 133 Å². The highest BCUT2D eigenvalue weighted by atomic mass is 16.6. The Morgan fingerprint density at radius 3 is 1.92 bits per heavy atom. The second-order valence-electron chi connectivity index (χ2n) is 16.4. The molecule has 1 aliphatic heterocycles. The SMILES string of the molecule is CC(C)(C)OC(=O)N[C@@H](Cc1ccccc1OC1NC(=O)[C@H]1NC(=O)[C@H](Cc1ccc2ccccc2c1)NC(=O)NCc1ccccc1)C(=O)OC(c1ccccc1)c1ccccc1. The second-order valence-corrected chi connectivity index (χ2v) is 16.4. The molecule has 1 aliphatic rings. The number of carbonyl (C=O) groups is 5. The molecule has 5 amide bonds. The summed E-state index contributed by atoms with van der Waals surface area (Å²) in [7, 11) is 0. The number of rotatable bonds is 16. The van der Waals surface area contributed by atoms with Crippen molar-refractivity contribution in [3.8, 4) is 5.75 Å². The Hall–Kier alpha value is -7.67. The van der Waals surface area contributed by atoms with E-state index in [4.69, 9.17) is 14.2 Å². The molecule has 7 rings (SSSR count). The van der Waals surface area contributed by atoms with Crippen molar-refractivity contribution in [3.05, 3.63) is 186 Å². The molecule has 1 heterocycles. The Labute approximate surface area is 371 Å². The zero-order valence-electron chi connectivity index (χ0n) is 35.8. The van der Waals surface area contributed by atoms with Crippen molar-refractivity contribution in [2.75, 3.05) is 0 Å². The number of hydrogen-bond donors (Lipinski definition) is 5. The minimum Gasteiger partial charge on any atom is -0.468 e. The van der Waals surface area contributed by atoms with Gasteiger partial charge in [-0.3, -0.25) is 9.59 Å². The predicted octanol–water partition coefficient (Wildman–Crippen LogP) is 7.04. The third-order valence-electron chi connectivity index (χ3n) is 10.4. The van der Waals surface area contributed by atoms with Gasteiger partial charge in [-0.2, -0.15) is 0 Å². The largest absolute Gasteiger partial charge is 0.468 e. The van der Waals surface area contributed by atoms with Crippen molar-refractivity contribution >= 4 is 40.7 Å². The van der Waals surface area contributed by atoms with Gasteiger partial charge in [-0.15, -0.1) is 0 Å². The molecule has 0 radical (unpaired) electrons. The Morgan fingerprint density at radius 2 is 1.27 bits per heavy atom. The van der Waals surface area contributed by atoms with Crippen molar-refractivity contribution in [2.45, 2.75) is 76.2 Å². The zero-order valence-corrected chi connectivity index (χ0v) is 35.8. The number of β-lactam (4-membered cyclic amide) rings is 1. The van der Waals surface area contributed by atoms with E-state index in [1.54, 1.807) is 45.0 Å². The first-order valence-corrected chi connectivity index (χ1v) is 21.1. The van der Waals surface area contributed by atoms with Crippen LogP contribution in [0, 0.1) is 0 Å². The molecule has 1 unspecified atom stereocenters. The molecule has 64 heavy (non-hydrogen) atoms. The number of ether oxygens (including phenoxy) is 3. The van der Waals surface area contributed by atoms with E-state index in [0.29, 0.717) is 5.56 Å². The van der Waals surface area contributed by atoms with Gasteiger partial charge in [0.2, 0.25) is 12.1 Å². The van der Waals surface area contributed by atoms with Crippen LogP contribution in [0.4, 0.5) is 9.59 Å². The van der Waals surface area contributed by atoms with Crippen LogP contribution >= 0.6 is 0 Å². The summed E-state index contributed by atoms with van der Waals surface area (Å²) in [6, 6.07) is 44.4. The molecule has 1 fully saturated rings. The lowest BCUT2D eigenvalue weighted by atomic mass is 10.00. The molecule has 328 valence electrons. The number of nitrogens with one attached hydrogen (secondary N) is 5. The van der Waals surface area contributed by atoms with Crippen molar-refractivity contribution in [1.29, 1.82) is 0 Å². The summed E-state index contributed by atoms with van der Waals surface area (Å²) in [5.74, 6) is -1.53. The molecular weight excluding hydrogens is 811 g/mol. The minimum atomic E-state index is -1.24. The van der Waals surface area contributed by atoms with Crippen LogP contribution in [0.15, 0.2) is 158 Å². The standard InChI is InChI=1S/C51H51N5O8/c1-51(2,3)64-50(61)54-41(48(59)63-44(36-20-9-5-10-21-36)37-22-11-6-12-23-37)31-39-25-15-16-26-42(39)62-47-43(46(58)56-47)55-45(57)40(53-49(60)52-32-33-17-7-4-8-18-33)30-34-27-28-35-19-13-14-24-38(35)29-34/h4-29,40-41,43-44,47H,30-32H2,1-3H3,(H,54,61)(H,55,57)(H,56,58)(H2,52,53,60)/t40-,41-,43+,47?/m0/s1. The summed E-state index contributed by atoms with van der Waals surface area (Å²) < 4.78 is 18.0. The third kappa shape index (κ3) is 12.0. The van der Waals surface area contributed by atoms with E-state index in [1.165, 1.54) is 0 Å². The van der Waals surface area contributed by atoms with Crippen molar-refractivity contribution in [1.82, 2.24) is 26.6 Å². The Morgan fingerprint density at radius 1 is 0.656 bits per heavy atom. The highest BCUT2D eigenvalue weighted by Gasteiger charge is 2.44. The van der Waals surface area contributed by atoms with Crippen molar-refractivity contribution in [2.24, 2.45) is 0 Å². The number of amides is 5. The Bertz CT molecular complexity index is 2530. The second kappa shape index (κ2) is 20.5. The summed E-state index contributed by atoms with van der Waals surface area (Å²) in [4.78, 5) is 67.7. The fraction of sp³-hybridized carbons (Fsp3) is 0.235. The maximum atomic E-state index is 14.2. The van der Waals surface area contributed by atoms with Gasteiger partial charge in [0.05, 0.1) is 0 Å². The Balaban J connectivity index is 1.08. The topological polar surface area (TPSA) is 173 Å². The molecule has 0 aliphatic carbocycles. The number of esters is 1. The molecule has 13 nitrogen and oxygen atoms in total. The molecule has 0 bridgehead atoms. The van der Waals surface area contributed by atoms with Gasteiger partial charge in [0, 0.05) is 19.4 Å². The van der Waals surface area contributed by atoms with Crippen LogP contribution in [-0.4, -0.2) is 59.9 Å². The molecule has 6 aromatic rings. The van der Waals surface area contributed by atoms with E-state index >= 15 is 0 Å². The maximum absolute atomic E-state index is 14.2. The predicted molar refractivity (Wildman–Crippen MR) is 242 cm³/mol. The number of para-hydroxylation sites is 1. The fourth-order valence-electron chi connectivity index (χ4n) is 7.22. The summed E-state index contributed by atoms with van der Waals surface area (Å²) in [5.41, 5.74) is 2.79. The maximum Gasteiger partial charge on any atom is 0.408 e. The van der Waals surface area contributed by atoms with Gasteiger partial charge in [-0.25, -0.2) is 14.4 Å². The average Bonchev–Trinajstić information content (AvgIpc) is 3.29. The lowest BCUT2D eigenvalue weighted by Crippen LogP contribution is -2.72. The minimum absolute atomic E-state index is 0.0852. The monoisotopic (exact) mass is 861 g/mol. The van der Waals surface area contributed by atoms with Crippen molar-refractivity contribution in [3.63, 3.8) is 0 Å². The molecule has 13 heteroatoms. The van der Waals surface area contributed by atoms with Crippen LogP contribution in [0.1, 0.15) is 54.7 Å². The molecule has 5 N–H and O–H groups in total. The van der Waals surface area contributed by atoms with Crippen LogP contribution < -0.4 is 31.3 Å². The van der Waals surface area contributed by atoms with Crippen LogP contribution in [0.25, 0.3) is 10.8 Å². The van der Waals surface area contributed by atoms with Gasteiger partial charge >= 0.3 is 18.1 Å². The first-order chi connectivity index (χ1) is 30.9. The summed E-state index contributed by atoms with van der Waals surface area (Å²) in [6.07, 6.45) is -2.57. The van der Waals surface area contributed by atoms with Gasteiger partial charge in [0.15, 0.2) is 12.1 Å². The van der Waals surface area contributed by atoms with Crippen LogP contribution in [0.5, 0.6) is 5.75 Å². The highest BCUT2D eigenvalue weighted by Crippen LogP contribution is 2.29. The first kappa shape index (κ1) is 44.4. The van der Waals surface area contributed by atoms with Gasteiger partial charge in [-0.05, 0) is 65.4 Å². The lowest BCUT2D eigenvalue weighted by Gasteiger charge is -2.38. The van der Waals surface area contributed by atoms with Gasteiger partial charge in [0.1, 0.15) is 23.4 Å². The normalized spacial score (nSPS) is 15.4. The third-order valence-corrected chi connectivity index (χ3v) is 10.4. The molecule has 4 atom stereocenters. The smallest absolute Gasteiger partial charge is 0.408 e. The molecular formula is C51H51N5O8. The zero-order chi connectivity index (χ0) is 45.1. The van der Waals surface area contributed by atoms with Crippen LogP contribution in [0.2, 0.25) is 0 Å². The summed E-state index contributed by atoms with van der Waals surface area (Å²) in [6.45, 7) is 5.39. The van der Waals surface area contributed by atoms with Crippen LogP contribution in [-0.2, 0) is 43.2 Å². The molecule has 0 spiro atoms. The molecule has 1 saturated heterocycles. The van der Waals surface area contributed by atoms with Gasteiger partial charge in [0.25, 0.3) is 5.91 Å². The van der Waals surface area contributed by atoms with E-state index in [2.05, 4.69) is 26.6 Å². The summed E-state index contributed by atoms with van der Waals surface area (Å²) >= 11 is 0. The van der Waals surface area contributed by atoms with E-state index < -0.39 is 66.0 Å². The number of alkyl carbamates (subject to hydrolysis) is 1. The average molecular weight is 862 g/mol. The summed E-state index contributed by atoms with van der Waals surface area (Å²) in [5, 5.41) is 15.8. The number of urea groups is 1. The number of benzene rings is 6. The lowest BCUT2D eigenvalue weighted by molar-refractivity contribution is -0.150. The molecule has 0 aromatic heterocycles. The molecule has 6 aromatic carbocycles. The van der Waals surface area contributed by atoms with Gasteiger partial charge in [-0.1, -0.05) is 152 Å². The number of carbonyl (C=O) groups excluding carboxylic acids is 5.